The minimum absolute atomic E-state index is 0.385. The van der Waals surface area contributed by atoms with Crippen LogP contribution in [0.3, 0.4) is 0 Å². The van der Waals surface area contributed by atoms with Gasteiger partial charge in [-0.2, -0.15) is 0 Å². The molecule has 1 saturated carbocycles. The van der Waals surface area contributed by atoms with Crippen LogP contribution >= 0.6 is 11.6 Å². The maximum atomic E-state index is 6.41. The standard InChI is InChI=1S/C17H27ClN2/c1-3-10-20-17(15-9-11-19-12-16(15)18)14-8-6-5-7-13(14)4-2/h9,11-14,17,20H,3-8,10H2,1-2H3. The largest absolute Gasteiger partial charge is 0.310 e. The lowest BCUT2D eigenvalue weighted by atomic mass is 9.72. The molecule has 3 atom stereocenters. The highest BCUT2D eigenvalue weighted by Gasteiger charge is 2.32. The zero-order valence-electron chi connectivity index (χ0n) is 12.7. The van der Waals surface area contributed by atoms with Gasteiger partial charge in [0.2, 0.25) is 0 Å². The summed E-state index contributed by atoms with van der Waals surface area (Å²) in [6, 6.07) is 2.48. The molecular weight excluding hydrogens is 268 g/mol. The van der Waals surface area contributed by atoms with Crippen LogP contribution in [0.25, 0.3) is 0 Å². The molecule has 1 fully saturated rings. The number of nitrogens with one attached hydrogen (secondary N) is 1. The van der Waals surface area contributed by atoms with E-state index < -0.39 is 0 Å². The Balaban J connectivity index is 2.24. The van der Waals surface area contributed by atoms with Crippen LogP contribution in [-0.4, -0.2) is 11.5 Å². The summed E-state index contributed by atoms with van der Waals surface area (Å²) >= 11 is 6.41. The van der Waals surface area contributed by atoms with Crippen molar-refractivity contribution in [2.45, 2.75) is 58.4 Å². The number of halogens is 1. The average molecular weight is 295 g/mol. The maximum absolute atomic E-state index is 6.41. The van der Waals surface area contributed by atoms with Gasteiger partial charge in [-0.15, -0.1) is 0 Å². The molecule has 0 spiro atoms. The first-order valence-corrected chi connectivity index (χ1v) is 8.48. The second-order valence-corrected chi connectivity index (χ2v) is 6.35. The number of pyridine rings is 1. The first-order valence-electron chi connectivity index (χ1n) is 8.10. The van der Waals surface area contributed by atoms with Crippen molar-refractivity contribution in [3.8, 4) is 0 Å². The van der Waals surface area contributed by atoms with Crippen LogP contribution in [-0.2, 0) is 0 Å². The molecule has 3 unspecified atom stereocenters. The van der Waals surface area contributed by atoms with Gasteiger partial charge in [0.15, 0.2) is 0 Å². The SMILES string of the molecule is CCCNC(c1ccncc1Cl)C1CCCCC1CC. The lowest BCUT2D eigenvalue weighted by molar-refractivity contribution is 0.175. The smallest absolute Gasteiger partial charge is 0.0637 e. The first kappa shape index (κ1) is 15.8. The van der Waals surface area contributed by atoms with Gasteiger partial charge in [-0.05, 0) is 42.9 Å². The van der Waals surface area contributed by atoms with E-state index in [1.165, 1.54) is 37.7 Å². The van der Waals surface area contributed by atoms with E-state index in [0.717, 1.165) is 23.9 Å². The molecule has 1 N–H and O–H groups in total. The number of aromatic nitrogens is 1. The van der Waals surface area contributed by atoms with Crippen LogP contribution < -0.4 is 5.32 Å². The van der Waals surface area contributed by atoms with Crippen LogP contribution in [0.1, 0.15) is 64.0 Å². The second-order valence-electron chi connectivity index (χ2n) is 5.95. The van der Waals surface area contributed by atoms with Crippen molar-refractivity contribution in [1.29, 1.82) is 0 Å². The fourth-order valence-corrected chi connectivity index (χ4v) is 3.85. The Bertz CT molecular complexity index is 408. The molecule has 0 saturated heterocycles. The van der Waals surface area contributed by atoms with E-state index in [1.807, 2.05) is 6.20 Å². The van der Waals surface area contributed by atoms with Gasteiger partial charge in [-0.3, -0.25) is 4.98 Å². The molecule has 1 aromatic heterocycles. The number of nitrogens with zero attached hydrogens (tertiary/aromatic N) is 1. The molecular formula is C17H27ClN2. The summed E-state index contributed by atoms with van der Waals surface area (Å²) in [5, 5.41) is 4.56. The third-order valence-electron chi connectivity index (χ3n) is 4.67. The molecule has 0 amide bonds. The van der Waals surface area contributed by atoms with Gasteiger partial charge < -0.3 is 5.32 Å². The molecule has 0 aliphatic heterocycles. The molecule has 3 heteroatoms. The van der Waals surface area contributed by atoms with Crippen molar-refractivity contribution >= 4 is 11.6 Å². The van der Waals surface area contributed by atoms with Gasteiger partial charge in [0.05, 0.1) is 5.02 Å². The second kappa shape index (κ2) is 7.99. The zero-order valence-corrected chi connectivity index (χ0v) is 13.5. The van der Waals surface area contributed by atoms with Crippen LogP contribution in [0, 0.1) is 11.8 Å². The Morgan fingerprint density at radius 2 is 2.15 bits per heavy atom. The third kappa shape index (κ3) is 3.73. The van der Waals surface area contributed by atoms with E-state index in [1.54, 1.807) is 6.20 Å². The van der Waals surface area contributed by atoms with Crippen molar-refractivity contribution in [2.24, 2.45) is 11.8 Å². The zero-order chi connectivity index (χ0) is 14.4. The topological polar surface area (TPSA) is 24.9 Å². The Hall–Kier alpha value is -0.600. The summed E-state index contributed by atoms with van der Waals surface area (Å²) < 4.78 is 0. The summed E-state index contributed by atoms with van der Waals surface area (Å²) in [4.78, 5) is 4.13. The molecule has 112 valence electrons. The predicted octanol–water partition coefficient (Wildman–Crippen LogP) is 4.99. The lowest BCUT2D eigenvalue weighted by Crippen LogP contribution is -2.35. The van der Waals surface area contributed by atoms with E-state index in [0.29, 0.717) is 12.0 Å². The van der Waals surface area contributed by atoms with E-state index in [-0.39, 0.29) is 0 Å². The van der Waals surface area contributed by atoms with E-state index in [4.69, 9.17) is 11.6 Å². The number of hydrogen-bond acceptors (Lipinski definition) is 2. The summed E-state index contributed by atoms with van der Waals surface area (Å²) in [6.07, 6.45) is 11.5. The third-order valence-corrected chi connectivity index (χ3v) is 4.99. The Kier molecular flexibility index (Phi) is 6.31. The van der Waals surface area contributed by atoms with Crippen LogP contribution in [0.5, 0.6) is 0 Å². The highest BCUT2D eigenvalue weighted by Crippen LogP contribution is 2.41. The molecule has 0 aromatic carbocycles. The first-order chi connectivity index (χ1) is 9.77. The molecule has 20 heavy (non-hydrogen) atoms. The molecule has 1 aliphatic carbocycles. The van der Waals surface area contributed by atoms with Gasteiger partial charge in [0.1, 0.15) is 0 Å². The van der Waals surface area contributed by atoms with E-state index >= 15 is 0 Å². The quantitative estimate of drug-likeness (QED) is 0.799. The Morgan fingerprint density at radius 3 is 2.85 bits per heavy atom. The highest BCUT2D eigenvalue weighted by atomic mass is 35.5. The van der Waals surface area contributed by atoms with Gasteiger partial charge in [-0.25, -0.2) is 0 Å². The average Bonchev–Trinajstić information content (AvgIpc) is 2.49. The van der Waals surface area contributed by atoms with Crippen molar-refractivity contribution in [3.63, 3.8) is 0 Å². The molecule has 0 radical (unpaired) electrons. The van der Waals surface area contributed by atoms with E-state index in [2.05, 4.69) is 30.2 Å². The number of rotatable bonds is 6. The Morgan fingerprint density at radius 1 is 1.35 bits per heavy atom. The monoisotopic (exact) mass is 294 g/mol. The molecule has 0 bridgehead atoms. The molecule has 2 rings (SSSR count). The van der Waals surface area contributed by atoms with Gasteiger partial charge >= 0.3 is 0 Å². The maximum Gasteiger partial charge on any atom is 0.0637 e. The molecule has 1 heterocycles. The Labute approximate surface area is 128 Å². The minimum atomic E-state index is 0.385. The molecule has 1 aliphatic rings. The highest BCUT2D eigenvalue weighted by molar-refractivity contribution is 6.31. The van der Waals surface area contributed by atoms with Crippen molar-refractivity contribution < 1.29 is 0 Å². The van der Waals surface area contributed by atoms with Crippen LogP contribution in [0.4, 0.5) is 0 Å². The van der Waals surface area contributed by atoms with Gasteiger partial charge in [0, 0.05) is 18.4 Å². The summed E-state index contributed by atoms with van der Waals surface area (Å²) in [6.45, 7) is 5.60. The van der Waals surface area contributed by atoms with Crippen molar-refractivity contribution in [2.75, 3.05) is 6.54 Å². The fraction of sp³-hybridized carbons (Fsp3) is 0.706. The lowest BCUT2D eigenvalue weighted by Gasteiger charge is -2.38. The van der Waals surface area contributed by atoms with Crippen LogP contribution in [0.2, 0.25) is 5.02 Å². The van der Waals surface area contributed by atoms with Gasteiger partial charge in [-0.1, -0.05) is 51.1 Å². The van der Waals surface area contributed by atoms with E-state index in [9.17, 15) is 0 Å². The number of hydrogen-bond donors (Lipinski definition) is 1. The van der Waals surface area contributed by atoms with Crippen molar-refractivity contribution in [1.82, 2.24) is 10.3 Å². The van der Waals surface area contributed by atoms with Gasteiger partial charge in [0.25, 0.3) is 0 Å². The van der Waals surface area contributed by atoms with Crippen LogP contribution in [0.15, 0.2) is 18.5 Å². The fourth-order valence-electron chi connectivity index (χ4n) is 3.61. The van der Waals surface area contributed by atoms with Crippen molar-refractivity contribution in [3.05, 3.63) is 29.0 Å². The molecule has 1 aromatic rings. The summed E-state index contributed by atoms with van der Waals surface area (Å²) in [5.41, 5.74) is 1.24. The molecule has 2 nitrogen and oxygen atoms in total. The summed E-state index contributed by atoms with van der Waals surface area (Å²) in [7, 11) is 0. The minimum Gasteiger partial charge on any atom is -0.310 e. The predicted molar refractivity (Wildman–Crippen MR) is 86.0 cm³/mol. The summed E-state index contributed by atoms with van der Waals surface area (Å²) in [5.74, 6) is 1.53. The normalized spacial score (nSPS) is 24.6.